The fourth-order valence-electron chi connectivity index (χ4n) is 9.50. The van der Waals surface area contributed by atoms with Crippen LogP contribution in [0.1, 0.15) is 342 Å². The molecule has 0 aliphatic rings. The Hall–Kier alpha value is -2.89. The maximum atomic E-state index is 12.9. The largest absolute Gasteiger partial charge is 0.462 e. The molecule has 1 unspecified atom stereocenters. The van der Waals surface area contributed by atoms with Crippen LogP contribution in [0, 0.1) is 0 Å². The molecule has 0 aromatic rings. The van der Waals surface area contributed by atoms with Gasteiger partial charge in [0.1, 0.15) is 13.2 Å². The number of esters is 3. The summed E-state index contributed by atoms with van der Waals surface area (Å²) in [6.07, 6.45) is 80.8. The predicted octanol–water partition coefficient (Wildman–Crippen LogP) is 22.3. The van der Waals surface area contributed by atoms with Crippen molar-refractivity contribution in [1.29, 1.82) is 0 Å². The van der Waals surface area contributed by atoms with Crippen molar-refractivity contribution >= 4 is 17.9 Å². The van der Waals surface area contributed by atoms with Crippen LogP contribution in [0.2, 0.25) is 0 Å². The number of rotatable bonds is 60. The summed E-state index contributed by atoms with van der Waals surface area (Å²) >= 11 is 0. The zero-order valence-corrected chi connectivity index (χ0v) is 50.1. The van der Waals surface area contributed by atoms with Gasteiger partial charge in [0.15, 0.2) is 6.10 Å². The minimum absolute atomic E-state index is 0.0784. The molecule has 0 saturated heterocycles. The van der Waals surface area contributed by atoms with Crippen LogP contribution in [0.4, 0.5) is 0 Å². The molecule has 0 aromatic carbocycles. The third kappa shape index (κ3) is 61.8. The Bertz CT molecular complexity index is 1340. The first-order valence-corrected chi connectivity index (χ1v) is 32.8. The normalized spacial score (nSPS) is 12.4. The number of carbonyl (C=O) groups excluding carboxylic acids is 3. The Morgan fingerprint density at radius 2 is 0.480 bits per heavy atom. The molecule has 0 rings (SSSR count). The van der Waals surface area contributed by atoms with Crippen molar-refractivity contribution in [3.05, 3.63) is 60.8 Å². The fourth-order valence-corrected chi connectivity index (χ4v) is 9.50. The quantitative estimate of drug-likeness (QED) is 0.0261. The molecule has 0 heterocycles. The molecule has 0 aliphatic carbocycles. The van der Waals surface area contributed by atoms with Gasteiger partial charge in [0.2, 0.25) is 0 Å². The summed E-state index contributed by atoms with van der Waals surface area (Å²) in [6.45, 7) is 6.63. The summed E-state index contributed by atoms with van der Waals surface area (Å²) < 4.78 is 16.9. The van der Waals surface area contributed by atoms with E-state index in [-0.39, 0.29) is 31.1 Å². The molecule has 6 nitrogen and oxygen atoms in total. The van der Waals surface area contributed by atoms with E-state index in [1.165, 1.54) is 218 Å². The lowest BCUT2D eigenvalue weighted by atomic mass is 10.0. The van der Waals surface area contributed by atoms with E-state index in [4.69, 9.17) is 14.2 Å². The zero-order valence-electron chi connectivity index (χ0n) is 50.1. The van der Waals surface area contributed by atoms with Gasteiger partial charge in [-0.05, 0) is 109 Å². The van der Waals surface area contributed by atoms with Crippen LogP contribution in [-0.4, -0.2) is 37.2 Å². The van der Waals surface area contributed by atoms with E-state index in [9.17, 15) is 14.4 Å². The molecule has 0 aromatic heterocycles. The second-order valence-corrected chi connectivity index (χ2v) is 22.0. The molecular formula is C69H124O6. The zero-order chi connectivity index (χ0) is 54.3. The van der Waals surface area contributed by atoms with Gasteiger partial charge in [-0.25, -0.2) is 0 Å². The van der Waals surface area contributed by atoms with Crippen molar-refractivity contribution in [1.82, 2.24) is 0 Å². The summed E-state index contributed by atoms with van der Waals surface area (Å²) in [5, 5.41) is 0. The SMILES string of the molecule is CCCCC/C=C\C/C=C\CCCCCCCCCC(=O)OC(COC(=O)CCCCCCC/C=C\CCCCCCCC)COC(=O)CCCCCCCCCCCCCCC/C=C\C/C=C\CCCCCCC. The van der Waals surface area contributed by atoms with Crippen molar-refractivity contribution in [3.8, 4) is 0 Å². The van der Waals surface area contributed by atoms with Gasteiger partial charge >= 0.3 is 17.9 Å². The predicted molar refractivity (Wildman–Crippen MR) is 325 cm³/mol. The van der Waals surface area contributed by atoms with Crippen LogP contribution >= 0.6 is 0 Å². The molecule has 0 radical (unpaired) electrons. The third-order valence-electron chi connectivity index (χ3n) is 14.5. The molecule has 436 valence electrons. The summed E-state index contributed by atoms with van der Waals surface area (Å²) in [5.41, 5.74) is 0. The average molecular weight is 1050 g/mol. The highest BCUT2D eigenvalue weighted by Crippen LogP contribution is 2.17. The first-order valence-electron chi connectivity index (χ1n) is 32.8. The van der Waals surface area contributed by atoms with Crippen LogP contribution in [0.15, 0.2) is 60.8 Å². The minimum atomic E-state index is -0.782. The summed E-state index contributed by atoms with van der Waals surface area (Å²) in [7, 11) is 0. The molecule has 0 saturated carbocycles. The number of unbranched alkanes of at least 4 members (excludes halogenated alkanes) is 39. The van der Waals surface area contributed by atoms with Crippen LogP contribution < -0.4 is 0 Å². The monoisotopic (exact) mass is 1050 g/mol. The lowest BCUT2D eigenvalue weighted by Gasteiger charge is -2.18. The lowest BCUT2D eigenvalue weighted by Crippen LogP contribution is -2.30. The van der Waals surface area contributed by atoms with Crippen LogP contribution in [-0.2, 0) is 28.6 Å². The van der Waals surface area contributed by atoms with Gasteiger partial charge in [0.05, 0.1) is 0 Å². The molecule has 0 bridgehead atoms. The highest BCUT2D eigenvalue weighted by Gasteiger charge is 2.19. The maximum absolute atomic E-state index is 12.9. The van der Waals surface area contributed by atoms with Crippen LogP contribution in [0.25, 0.3) is 0 Å². The first kappa shape index (κ1) is 72.1. The highest BCUT2D eigenvalue weighted by atomic mass is 16.6. The van der Waals surface area contributed by atoms with E-state index in [1.54, 1.807) is 0 Å². The molecular weight excluding hydrogens is 925 g/mol. The lowest BCUT2D eigenvalue weighted by molar-refractivity contribution is -0.167. The molecule has 0 N–H and O–H groups in total. The van der Waals surface area contributed by atoms with Crippen molar-refractivity contribution < 1.29 is 28.6 Å². The summed E-state index contributed by atoms with van der Waals surface area (Å²) in [6, 6.07) is 0. The van der Waals surface area contributed by atoms with Gasteiger partial charge in [0.25, 0.3) is 0 Å². The summed E-state index contributed by atoms with van der Waals surface area (Å²) in [4.78, 5) is 38.3. The van der Waals surface area contributed by atoms with Gasteiger partial charge in [-0.15, -0.1) is 0 Å². The van der Waals surface area contributed by atoms with Crippen molar-refractivity contribution in [3.63, 3.8) is 0 Å². The highest BCUT2D eigenvalue weighted by molar-refractivity contribution is 5.71. The van der Waals surface area contributed by atoms with E-state index in [0.29, 0.717) is 19.3 Å². The Labute approximate surface area is 466 Å². The Morgan fingerprint density at radius 3 is 0.773 bits per heavy atom. The average Bonchev–Trinajstić information content (AvgIpc) is 3.41. The van der Waals surface area contributed by atoms with Gasteiger partial charge in [-0.3, -0.25) is 14.4 Å². The molecule has 0 spiro atoms. The van der Waals surface area contributed by atoms with E-state index in [1.807, 2.05) is 0 Å². The topological polar surface area (TPSA) is 78.9 Å². The van der Waals surface area contributed by atoms with Gasteiger partial charge in [-0.2, -0.15) is 0 Å². The van der Waals surface area contributed by atoms with Gasteiger partial charge in [-0.1, -0.05) is 274 Å². The first-order chi connectivity index (χ1) is 37.0. The Morgan fingerprint density at radius 1 is 0.267 bits per heavy atom. The smallest absolute Gasteiger partial charge is 0.306 e. The summed E-state index contributed by atoms with van der Waals surface area (Å²) in [5.74, 6) is -0.878. The van der Waals surface area contributed by atoms with Gasteiger partial charge < -0.3 is 14.2 Å². The van der Waals surface area contributed by atoms with Gasteiger partial charge in [0, 0.05) is 19.3 Å². The molecule has 0 aliphatic heterocycles. The standard InChI is InChI=1S/C69H124O6/c1-4-7-10-13-16-19-22-25-28-30-31-32-33-34-35-36-37-39-41-44-47-50-53-56-59-62-68(71)74-65-66(64-73-67(70)61-58-55-52-49-46-43-40-27-24-21-18-15-12-9-6-3)75-69(72)63-60-57-54-51-48-45-42-38-29-26-23-20-17-14-11-8-5-2/h17,20,22,25-27,29-31,40,66H,4-16,18-19,21,23-24,28,32-39,41-65H2,1-3H3/b20-17-,25-22-,29-26-,31-30-,40-27-. The second-order valence-electron chi connectivity index (χ2n) is 22.0. The Kier molecular flexibility index (Phi) is 61.2. The third-order valence-corrected chi connectivity index (χ3v) is 14.5. The van der Waals surface area contributed by atoms with E-state index < -0.39 is 6.10 Å². The minimum Gasteiger partial charge on any atom is -0.462 e. The van der Waals surface area contributed by atoms with Crippen molar-refractivity contribution in [2.24, 2.45) is 0 Å². The van der Waals surface area contributed by atoms with Crippen molar-refractivity contribution in [2.45, 2.75) is 348 Å². The molecule has 0 fully saturated rings. The number of hydrogen-bond acceptors (Lipinski definition) is 6. The maximum Gasteiger partial charge on any atom is 0.306 e. The van der Waals surface area contributed by atoms with Crippen LogP contribution in [0.5, 0.6) is 0 Å². The number of ether oxygens (including phenoxy) is 3. The fraction of sp³-hybridized carbons (Fsp3) is 0.812. The molecule has 6 heteroatoms. The van der Waals surface area contributed by atoms with Crippen LogP contribution in [0.3, 0.4) is 0 Å². The Balaban J connectivity index is 4.31. The number of hydrogen-bond donors (Lipinski definition) is 0. The second kappa shape index (κ2) is 63.6. The number of carbonyl (C=O) groups is 3. The van der Waals surface area contributed by atoms with E-state index in [0.717, 1.165) is 83.5 Å². The molecule has 1 atom stereocenters. The van der Waals surface area contributed by atoms with E-state index in [2.05, 4.69) is 81.5 Å². The van der Waals surface area contributed by atoms with E-state index >= 15 is 0 Å². The molecule has 0 amide bonds. The number of allylic oxidation sites excluding steroid dienone is 10. The van der Waals surface area contributed by atoms with Crippen molar-refractivity contribution in [2.75, 3.05) is 13.2 Å². The molecule has 75 heavy (non-hydrogen) atoms.